The smallest absolute Gasteiger partial charge is 0.127 e. The van der Waals surface area contributed by atoms with Gasteiger partial charge in [0.1, 0.15) is 5.54 Å². The fourth-order valence-electron chi connectivity index (χ4n) is 2.72. The van der Waals surface area contributed by atoms with E-state index in [9.17, 15) is 5.26 Å². The highest BCUT2D eigenvalue weighted by Crippen LogP contribution is 2.31. The molecule has 0 saturated heterocycles. The molecule has 2 saturated carbocycles. The van der Waals surface area contributed by atoms with Gasteiger partial charge in [-0.05, 0) is 50.9 Å². The molecule has 2 aliphatic rings. The normalized spacial score (nSPS) is 35.8. The maximum absolute atomic E-state index is 9.29. The molecular formula is C15H26N2O. The molecule has 3 heteroatoms. The first-order chi connectivity index (χ1) is 8.52. The number of hydrogen-bond donors (Lipinski definition) is 1. The van der Waals surface area contributed by atoms with Gasteiger partial charge in [-0.1, -0.05) is 13.8 Å². The van der Waals surface area contributed by atoms with E-state index in [4.69, 9.17) is 4.74 Å². The SMILES string of the molecule is CC1CCC(OCC(C)(C#N)NC2CC2)CC1C. The van der Waals surface area contributed by atoms with Crippen molar-refractivity contribution in [1.82, 2.24) is 5.32 Å². The number of nitrogens with one attached hydrogen (secondary N) is 1. The maximum atomic E-state index is 9.29. The van der Waals surface area contributed by atoms with Crippen LogP contribution in [-0.4, -0.2) is 24.3 Å². The third-order valence-corrected chi connectivity index (χ3v) is 4.50. The van der Waals surface area contributed by atoms with E-state index in [0.717, 1.165) is 24.7 Å². The van der Waals surface area contributed by atoms with Crippen LogP contribution in [0.1, 0.15) is 52.9 Å². The van der Waals surface area contributed by atoms with Gasteiger partial charge in [0.2, 0.25) is 0 Å². The molecule has 0 aromatic carbocycles. The van der Waals surface area contributed by atoms with Crippen molar-refractivity contribution in [2.24, 2.45) is 11.8 Å². The molecule has 18 heavy (non-hydrogen) atoms. The summed E-state index contributed by atoms with van der Waals surface area (Å²) in [5, 5.41) is 12.7. The summed E-state index contributed by atoms with van der Waals surface area (Å²) in [6, 6.07) is 2.92. The van der Waals surface area contributed by atoms with Crippen molar-refractivity contribution in [3.63, 3.8) is 0 Å². The summed E-state index contributed by atoms with van der Waals surface area (Å²) < 4.78 is 6.00. The summed E-state index contributed by atoms with van der Waals surface area (Å²) in [7, 11) is 0. The summed E-state index contributed by atoms with van der Waals surface area (Å²) in [6.45, 7) is 7.12. The third kappa shape index (κ3) is 3.70. The highest BCUT2D eigenvalue weighted by Gasteiger charge is 2.34. The second-order valence-corrected chi connectivity index (χ2v) is 6.56. The van der Waals surface area contributed by atoms with Crippen LogP contribution in [0.5, 0.6) is 0 Å². The van der Waals surface area contributed by atoms with Crippen molar-refractivity contribution in [2.75, 3.05) is 6.61 Å². The molecule has 2 fully saturated rings. The summed E-state index contributed by atoms with van der Waals surface area (Å²) in [5.74, 6) is 1.56. The first-order valence-electron chi connectivity index (χ1n) is 7.33. The zero-order valence-corrected chi connectivity index (χ0v) is 11.9. The van der Waals surface area contributed by atoms with Crippen molar-refractivity contribution in [3.05, 3.63) is 0 Å². The standard InChI is InChI=1S/C15H26N2O/c1-11-4-7-14(8-12(11)2)18-10-15(3,9-16)17-13-5-6-13/h11-14,17H,4-8,10H2,1-3H3. The quantitative estimate of drug-likeness (QED) is 0.816. The molecule has 0 radical (unpaired) electrons. The Morgan fingerprint density at radius 2 is 1.94 bits per heavy atom. The highest BCUT2D eigenvalue weighted by atomic mass is 16.5. The predicted molar refractivity (Wildman–Crippen MR) is 72.1 cm³/mol. The lowest BCUT2D eigenvalue weighted by Crippen LogP contribution is -2.47. The summed E-state index contributed by atoms with van der Waals surface area (Å²) in [5.41, 5.74) is -0.506. The zero-order valence-electron chi connectivity index (χ0n) is 11.9. The Kier molecular flexibility index (Phi) is 4.29. The van der Waals surface area contributed by atoms with Gasteiger partial charge < -0.3 is 4.74 Å². The van der Waals surface area contributed by atoms with Gasteiger partial charge >= 0.3 is 0 Å². The molecule has 0 aliphatic heterocycles. The van der Waals surface area contributed by atoms with E-state index in [1.54, 1.807) is 0 Å². The molecule has 0 aromatic heterocycles. The summed E-state index contributed by atoms with van der Waals surface area (Å²) in [4.78, 5) is 0. The fraction of sp³-hybridized carbons (Fsp3) is 0.933. The van der Waals surface area contributed by atoms with Gasteiger partial charge in [-0.2, -0.15) is 5.26 Å². The van der Waals surface area contributed by atoms with Crippen LogP contribution in [0.2, 0.25) is 0 Å². The van der Waals surface area contributed by atoms with Crippen molar-refractivity contribution in [3.8, 4) is 6.07 Å². The van der Waals surface area contributed by atoms with Crippen LogP contribution in [0, 0.1) is 23.2 Å². The molecule has 2 aliphatic carbocycles. The van der Waals surface area contributed by atoms with E-state index < -0.39 is 5.54 Å². The first-order valence-corrected chi connectivity index (χ1v) is 7.33. The Morgan fingerprint density at radius 1 is 1.22 bits per heavy atom. The third-order valence-electron chi connectivity index (χ3n) is 4.50. The molecule has 1 N–H and O–H groups in total. The Bertz CT molecular complexity index is 321. The second kappa shape index (κ2) is 5.59. The second-order valence-electron chi connectivity index (χ2n) is 6.56. The summed E-state index contributed by atoms with van der Waals surface area (Å²) in [6.07, 6.45) is 6.31. The van der Waals surface area contributed by atoms with E-state index >= 15 is 0 Å². The molecule has 0 spiro atoms. The lowest BCUT2D eigenvalue weighted by Gasteiger charge is -2.34. The molecule has 4 atom stereocenters. The van der Waals surface area contributed by atoms with Gasteiger partial charge in [0.05, 0.1) is 18.8 Å². The highest BCUT2D eigenvalue weighted by molar-refractivity contribution is 5.07. The van der Waals surface area contributed by atoms with E-state index in [2.05, 4.69) is 25.2 Å². The van der Waals surface area contributed by atoms with Crippen LogP contribution in [-0.2, 0) is 4.74 Å². The lowest BCUT2D eigenvalue weighted by molar-refractivity contribution is -0.0152. The number of hydrogen-bond acceptors (Lipinski definition) is 3. The van der Waals surface area contributed by atoms with Crippen LogP contribution in [0.4, 0.5) is 0 Å². The Hall–Kier alpha value is -0.590. The van der Waals surface area contributed by atoms with Gasteiger partial charge in [0.15, 0.2) is 0 Å². The number of ether oxygens (including phenoxy) is 1. The van der Waals surface area contributed by atoms with Crippen LogP contribution in [0.15, 0.2) is 0 Å². The summed E-state index contributed by atoms with van der Waals surface area (Å²) >= 11 is 0. The zero-order chi connectivity index (χ0) is 13.2. The van der Waals surface area contributed by atoms with E-state index in [1.165, 1.54) is 19.3 Å². The monoisotopic (exact) mass is 250 g/mol. The molecule has 0 heterocycles. The Balaban J connectivity index is 1.77. The maximum Gasteiger partial charge on any atom is 0.127 e. The molecule has 102 valence electrons. The Morgan fingerprint density at radius 3 is 2.50 bits per heavy atom. The van der Waals surface area contributed by atoms with Gasteiger partial charge in [0.25, 0.3) is 0 Å². The van der Waals surface area contributed by atoms with Crippen molar-refractivity contribution in [1.29, 1.82) is 5.26 Å². The van der Waals surface area contributed by atoms with E-state index in [1.807, 2.05) is 6.92 Å². The molecule has 0 bridgehead atoms. The number of nitrogens with zero attached hydrogens (tertiary/aromatic N) is 1. The molecule has 0 amide bonds. The molecule has 0 aromatic rings. The fourth-order valence-corrected chi connectivity index (χ4v) is 2.72. The predicted octanol–water partition coefficient (Wildman–Crippen LogP) is 2.86. The molecule has 4 unspecified atom stereocenters. The van der Waals surface area contributed by atoms with Gasteiger partial charge in [-0.25, -0.2) is 0 Å². The molecule has 3 nitrogen and oxygen atoms in total. The average Bonchev–Trinajstić information content (AvgIpc) is 3.15. The minimum atomic E-state index is -0.506. The van der Waals surface area contributed by atoms with Crippen molar-refractivity contribution in [2.45, 2.75) is 70.6 Å². The van der Waals surface area contributed by atoms with Crippen LogP contribution in [0.3, 0.4) is 0 Å². The minimum absolute atomic E-state index is 0.352. The van der Waals surface area contributed by atoms with Crippen LogP contribution >= 0.6 is 0 Å². The van der Waals surface area contributed by atoms with Gasteiger partial charge in [-0.15, -0.1) is 0 Å². The van der Waals surface area contributed by atoms with Gasteiger partial charge in [0, 0.05) is 6.04 Å². The van der Waals surface area contributed by atoms with Crippen molar-refractivity contribution >= 4 is 0 Å². The Labute approximate surface area is 111 Å². The topological polar surface area (TPSA) is 45.0 Å². The first kappa shape index (κ1) is 13.8. The molecular weight excluding hydrogens is 224 g/mol. The van der Waals surface area contributed by atoms with Crippen LogP contribution < -0.4 is 5.32 Å². The largest absolute Gasteiger partial charge is 0.375 e. The number of rotatable bonds is 5. The van der Waals surface area contributed by atoms with Crippen molar-refractivity contribution < 1.29 is 4.74 Å². The molecule has 2 rings (SSSR count). The van der Waals surface area contributed by atoms with Crippen LogP contribution in [0.25, 0.3) is 0 Å². The van der Waals surface area contributed by atoms with Gasteiger partial charge in [-0.3, -0.25) is 5.32 Å². The number of nitriles is 1. The van der Waals surface area contributed by atoms with E-state index in [-0.39, 0.29) is 0 Å². The van der Waals surface area contributed by atoms with E-state index in [0.29, 0.717) is 18.8 Å². The average molecular weight is 250 g/mol. The minimum Gasteiger partial charge on any atom is -0.375 e. The lowest BCUT2D eigenvalue weighted by atomic mass is 9.80.